The molecule has 0 bridgehead atoms. The van der Waals surface area contributed by atoms with Crippen molar-refractivity contribution in [3.05, 3.63) is 28.8 Å². The molecule has 2 N–H and O–H groups in total. The lowest BCUT2D eigenvalue weighted by Crippen LogP contribution is -2.46. The van der Waals surface area contributed by atoms with Crippen molar-refractivity contribution in [2.45, 2.75) is 6.92 Å². The topological polar surface area (TPSA) is 44.4 Å². The predicted octanol–water partition coefficient (Wildman–Crippen LogP) is 2.34. The maximum atomic E-state index is 11.9. The minimum Gasteiger partial charge on any atom is -0.325 e. The van der Waals surface area contributed by atoms with E-state index in [2.05, 4.69) is 15.5 Å². The van der Waals surface area contributed by atoms with Crippen molar-refractivity contribution < 1.29 is 4.79 Å². The van der Waals surface area contributed by atoms with Gasteiger partial charge in [0.1, 0.15) is 0 Å². The number of halogens is 3. The fraction of sp³-hybridized carbons (Fsp3) is 0.462. The number of nitrogens with zero attached hydrogens (tertiary/aromatic N) is 1. The average molecular weight is 341 g/mol. The standard InChI is InChI=1S/C13H18ClN3O.2ClH/c1-10-2-3-11(14)8-12(10)16-13(18)9-17-6-4-15-5-7-17;;/h2-3,8,15H,4-7,9H2,1H3,(H,16,18);2*1H. The van der Waals surface area contributed by atoms with E-state index in [1.54, 1.807) is 6.07 Å². The van der Waals surface area contributed by atoms with Crippen molar-refractivity contribution in [3.63, 3.8) is 0 Å². The average Bonchev–Trinajstić information content (AvgIpc) is 2.35. The van der Waals surface area contributed by atoms with Crippen LogP contribution in [0.15, 0.2) is 18.2 Å². The van der Waals surface area contributed by atoms with E-state index in [1.807, 2.05) is 19.1 Å². The van der Waals surface area contributed by atoms with Gasteiger partial charge in [0, 0.05) is 36.9 Å². The number of hydrogen-bond donors (Lipinski definition) is 2. The van der Waals surface area contributed by atoms with Crippen LogP contribution in [0.4, 0.5) is 5.69 Å². The highest BCUT2D eigenvalue weighted by atomic mass is 35.5. The van der Waals surface area contributed by atoms with E-state index in [-0.39, 0.29) is 30.7 Å². The van der Waals surface area contributed by atoms with E-state index in [1.165, 1.54) is 0 Å². The molecule has 1 aromatic rings. The Hall–Kier alpha value is -0.520. The second-order valence-electron chi connectivity index (χ2n) is 4.53. The van der Waals surface area contributed by atoms with Crippen LogP contribution in [0.5, 0.6) is 0 Å². The summed E-state index contributed by atoms with van der Waals surface area (Å²) in [6, 6.07) is 5.51. The van der Waals surface area contributed by atoms with E-state index in [0.29, 0.717) is 11.6 Å². The zero-order valence-corrected chi connectivity index (χ0v) is 13.7. The van der Waals surface area contributed by atoms with Gasteiger partial charge in [-0.1, -0.05) is 17.7 Å². The van der Waals surface area contributed by atoms with Crippen molar-refractivity contribution in [2.75, 3.05) is 38.0 Å². The number of amides is 1. The number of hydrogen-bond acceptors (Lipinski definition) is 3. The molecule has 0 atom stereocenters. The first kappa shape index (κ1) is 19.5. The summed E-state index contributed by atoms with van der Waals surface area (Å²) < 4.78 is 0. The molecule has 1 fully saturated rings. The Labute approximate surface area is 137 Å². The van der Waals surface area contributed by atoms with Crippen LogP contribution >= 0.6 is 36.4 Å². The summed E-state index contributed by atoms with van der Waals surface area (Å²) in [4.78, 5) is 14.1. The zero-order valence-electron chi connectivity index (χ0n) is 11.3. The summed E-state index contributed by atoms with van der Waals surface area (Å²) in [7, 11) is 0. The molecule has 7 heteroatoms. The van der Waals surface area contributed by atoms with Gasteiger partial charge in [0.05, 0.1) is 6.54 Å². The van der Waals surface area contributed by atoms with Crippen LogP contribution < -0.4 is 10.6 Å². The molecule has 0 spiro atoms. The largest absolute Gasteiger partial charge is 0.325 e. The Kier molecular flexibility index (Phi) is 9.18. The van der Waals surface area contributed by atoms with E-state index in [9.17, 15) is 4.79 Å². The molecular formula is C13H20Cl3N3O. The molecule has 1 heterocycles. The molecule has 0 aliphatic carbocycles. The molecule has 1 saturated heterocycles. The van der Waals surface area contributed by atoms with Gasteiger partial charge in [0.2, 0.25) is 5.91 Å². The van der Waals surface area contributed by atoms with Crippen molar-refractivity contribution in [1.82, 2.24) is 10.2 Å². The summed E-state index contributed by atoms with van der Waals surface area (Å²) in [6.07, 6.45) is 0. The number of aryl methyl sites for hydroxylation is 1. The third-order valence-electron chi connectivity index (χ3n) is 3.05. The molecule has 1 aliphatic heterocycles. The number of piperazine rings is 1. The Balaban J connectivity index is 0.00000180. The van der Waals surface area contributed by atoms with Crippen LogP contribution in [0.3, 0.4) is 0 Å². The third-order valence-corrected chi connectivity index (χ3v) is 3.29. The van der Waals surface area contributed by atoms with Crippen LogP contribution in [-0.2, 0) is 4.79 Å². The maximum Gasteiger partial charge on any atom is 0.238 e. The van der Waals surface area contributed by atoms with Gasteiger partial charge < -0.3 is 10.6 Å². The Bertz CT molecular complexity index is 437. The minimum atomic E-state index is 0. The van der Waals surface area contributed by atoms with Crippen LogP contribution in [0, 0.1) is 6.92 Å². The lowest BCUT2D eigenvalue weighted by atomic mass is 10.2. The number of rotatable bonds is 3. The molecular weight excluding hydrogens is 321 g/mol. The van der Waals surface area contributed by atoms with Gasteiger partial charge in [-0.3, -0.25) is 9.69 Å². The van der Waals surface area contributed by atoms with Crippen molar-refractivity contribution in [3.8, 4) is 0 Å². The van der Waals surface area contributed by atoms with E-state index < -0.39 is 0 Å². The molecule has 1 aromatic carbocycles. The van der Waals surface area contributed by atoms with Gasteiger partial charge >= 0.3 is 0 Å². The van der Waals surface area contributed by atoms with Gasteiger partial charge in [0.25, 0.3) is 0 Å². The lowest BCUT2D eigenvalue weighted by Gasteiger charge is -2.26. The third kappa shape index (κ3) is 5.85. The second kappa shape index (κ2) is 9.42. The summed E-state index contributed by atoms with van der Waals surface area (Å²) in [5, 5.41) is 6.81. The smallest absolute Gasteiger partial charge is 0.238 e. The monoisotopic (exact) mass is 339 g/mol. The lowest BCUT2D eigenvalue weighted by molar-refractivity contribution is -0.117. The quantitative estimate of drug-likeness (QED) is 0.887. The molecule has 114 valence electrons. The Morgan fingerprint density at radius 2 is 2.00 bits per heavy atom. The summed E-state index contributed by atoms with van der Waals surface area (Å²) >= 11 is 5.92. The molecule has 0 saturated carbocycles. The van der Waals surface area contributed by atoms with Gasteiger partial charge in [-0.15, -0.1) is 24.8 Å². The Morgan fingerprint density at radius 1 is 1.35 bits per heavy atom. The first-order valence-electron chi connectivity index (χ1n) is 6.14. The number of benzene rings is 1. The molecule has 0 aromatic heterocycles. The first-order chi connectivity index (χ1) is 8.65. The second-order valence-corrected chi connectivity index (χ2v) is 4.97. The van der Waals surface area contributed by atoms with Gasteiger partial charge in [-0.05, 0) is 24.6 Å². The fourth-order valence-corrected chi connectivity index (χ4v) is 2.16. The molecule has 0 unspecified atom stereocenters. The number of carbonyl (C=O) groups is 1. The van der Waals surface area contributed by atoms with E-state index >= 15 is 0 Å². The zero-order chi connectivity index (χ0) is 13.0. The van der Waals surface area contributed by atoms with E-state index in [4.69, 9.17) is 11.6 Å². The van der Waals surface area contributed by atoms with Crippen molar-refractivity contribution >= 4 is 48.0 Å². The van der Waals surface area contributed by atoms with Crippen LogP contribution in [0.2, 0.25) is 5.02 Å². The molecule has 2 rings (SSSR count). The summed E-state index contributed by atoms with van der Waals surface area (Å²) in [5.74, 6) is 0.0160. The molecule has 20 heavy (non-hydrogen) atoms. The van der Waals surface area contributed by atoms with Crippen molar-refractivity contribution in [1.29, 1.82) is 0 Å². The summed E-state index contributed by atoms with van der Waals surface area (Å²) in [5.41, 5.74) is 1.82. The number of anilines is 1. The fourth-order valence-electron chi connectivity index (χ4n) is 1.99. The summed E-state index contributed by atoms with van der Waals surface area (Å²) in [6.45, 7) is 6.13. The molecule has 0 radical (unpaired) electrons. The van der Waals surface area contributed by atoms with Crippen LogP contribution in [-0.4, -0.2) is 43.5 Å². The number of nitrogens with one attached hydrogen (secondary N) is 2. The SMILES string of the molecule is Cc1ccc(Cl)cc1NC(=O)CN1CCNCC1.Cl.Cl. The maximum absolute atomic E-state index is 11.9. The van der Waals surface area contributed by atoms with Gasteiger partial charge in [-0.2, -0.15) is 0 Å². The number of carbonyl (C=O) groups excluding carboxylic acids is 1. The highest BCUT2D eigenvalue weighted by Gasteiger charge is 2.14. The minimum absolute atomic E-state index is 0. The molecule has 4 nitrogen and oxygen atoms in total. The van der Waals surface area contributed by atoms with Gasteiger partial charge in [0.15, 0.2) is 0 Å². The van der Waals surface area contributed by atoms with Crippen LogP contribution in [0.25, 0.3) is 0 Å². The van der Waals surface area contributed by atoms with Crippen LogP contribution in [0.1, 0.15) is 5.56 Å². The normalized spacial score (nSPS) is 14.9. The highest BCUT2D eigenvalue weighted by molar-refractivity contribution is 6.31. The Morgan fingerprint density at radius 3 is 2.65 bits per heavy atom. The van der Waals surface area contributed by atoms with Crippen molar-refractivity contribution in [2.24, 2.45) is 0 Å². The molecule has 1 aliphatic rings. The predicted molar refractivity (Wildman–Crippen MR) is 88.6 cm³/mol. The van der Waals surface area contributed by atoms with E-state index in [0.717, 1.165) is 37.4 Å². The van der Waals surface area contributed by atoms with Gasteiger partial charge in [-0.25, -0.2) is 0 Å². The highest BCUT2D eigenvalue weighted by Crippen LogP contribution is 2.20. The first-order valence-corrected chi connectivity index (χ1v) is 6.52. The molecule has 1 amide bonds.